The summed E-state index contributed by atoms with van der Waals surface area (Å²) in [7, 11) is 0. The molecule has 2 aromatic rings. The van der Waals surface area contributed by atoms with E-state index in [1.165, 1.54) is 17.6 Å². The number of carbonyl (C=O) groups is 3. The molecule has 0 saturated heterocycles. The number of aromatic nitrogens is 1. The summed E-state index contributed by atoms with van der Waals surface area (Å²) in [5.41, 5.74) is 6.45. The van der Waals surface area contributed by atoms with Gasteiger partial charge in [-0.25, -0.2) is 0 Å². The van der Waals surface area contributed by atoms with Crippen LogP contribution in [0.15, 0.2) is 22.8 Å². The largest absolute Gasteiger partial charge is 0.467 e. The Hall–Kier alpha value is -2.88. The highest BCUT2D eigenvalue weighted by molar-refractivity contribution is 7.09. The molecule has 9 nitrogen and oxygen atoms in total. The van der Waals surface area contributed by atoms with Crippen LogP contribution in [0.4, 0.5) is 5.69 Å². The third-order valence-electron chi connectivity index (χ3n) is 6.64. The molecular weight excluding hydrogens is 490 g/mol. The summed E-state index contributed by atoms with van der Waals surface area (Å²) in [6.07, 6.45) is 8.05. The number of rotatable bonds is 12. The van der Waals surface area contributed by atoms with Crippen LogP contribution in [0.2, 0.25) is 0 Å². The average molecular weight is 532 g/mol. The molecule has 1 aliphatic rings. The molecule has 0 radical (unpaired) electrons. The van der Waals surface area contributed by atoms with Crippen molar-refractivity contribution in [1.29, 1.82) is 0 Å². The predicted molar refractivity (Wildman–Crippen MR) is 145 cm³/mol. The first-order valence-electron chi connectivity index (χ1n) is 13.3. The standard InChI is InChI=1S/C27H41N5O4S/c1-17(2)12-13-29-25(33)21(15-18(3)4)32(16-20-11-8-14-36-20)27(35)24-22(28)23(31-37-24)26(34)30-19-9-6-5-7-10-19/h8,11,14,17-19,21H,5-7,9-10,12-13,15-16,28H2,1-4H3,(H,29,33)(H,30,34). The van der Waals surface area contributed by atoms with Gasteiger partial charge in [-0.2, -0.15) is 4.37 Å². The van der Waals surface area contributed by atoms with Crippen molar-refractivity contribution in [1.82, 2.24) is 19.9 Å². The van der Waals surface area contributed by atoms with E-state index in [4.69, 9.17) is 10.2 Å². The molecule has 3 amide bonds. The number of nitrogens with zero attached hydrogens (tertiary/aromatic N) is 2. The summed E-state index contributed by atoms with van der Waals surface area (Å²) < 4.78 is 9.77. The second-order valence-electron chi connectivity index (χ2n) is 10.7. The maximum atomic E-state index is 13.9. The normalized spacial score (nSPS) is 15.1. The molecule has 1 saturated carbocycles. The van der Waals surface area contributed by atoms with Crippen molar-refractivity contribution in [2.45, 2.75) is 91.3 Å². The number of anilines is 1. The third kappa shape index (κ3) is 8.05. The topological polar surface area (TPSA) is 131 Å². The van der Waals surface area contributed by atoms with E-state index in [1.807, 2.05) is 13.8 Å². The van der Waals surface area contributed by atoms with Crippen LogP contribution in [0, 0.1) is 11.8 Å². The van der Waals surface area contributed by atoms with Crippen LogP contribution in [-0.2, 0) is 11.3 Å². The van der Waals surface area contributed by atoms with E-state index < -0.39 is 11.9 Å². The Bertz CT molecular complexity index is 1030. The monoisotopic (exact) mass is 531 g/mol. The fourth-order valence-electron chi connectivity index (χ4n) is 4.56. The van der Waals surface area contributed by atoms with Crippen molar-refractivity contribution in [3.05, 3.63) is 34.7 Å². The highest BCUT2D eigenvalue weighted by atomic mass is 32.1. The van der Waals surface area contributed by atoms with Gasteiger partial charge >= 0.3 is 0 Å². The van der Waals surface area contributed by atoms with Gasteiger partial charge in [0, 0.05) is 12.6 Å². The molecule has 3 rings (SSSR count). The highest BCUT2D eigenvalue weighted by Gasteiger charge is 2.35. The lowest BCUT2D eigenvalue weighted by Gasteiger charge is -2.31. The number of hydrogen-bond acceptors (Lipinski definition) is 7. The second-order valence-corrected chi connectivity index (χ2v) is 11.5. The fraction of sp³-hybridized carbons (Fsp3) is 0.630. The molecule has 4 N–H and O–H groups in total. The quantitative estimate of drug-likeness (QED) is 0.367. The molecule has 2 aromatic heterocycles. The summed E-state index contributed by atoms with van der Waals surface area (Å²) in [6, 6.07) is 2.88. The Labute approximate surface area is 223 Å². The van der Waals surface area contributed by atoms with E-state index in [-0.39, 0.29) is 46.6 Å². The van der Waals surface area contributed by atoms with Crippen LogP contribution in [0.5, 0.6) is 0 Å². The Morgan fingerprint density at radius 3 is 2.51 bits per heavy atom. The zero-order chi connectivity index (χ0) is 26.9. The Balaban J connectivity index is 1.86. The number of nitrogens with one attached hydrogen (secondary N) is 2. The molecule has 1 unspecified atom stereocenters. The Morgan fingerprint density at radius 1 is 1.16 bits per heavy atom. The average Bonchev–Trinajstić information content (AvgIpc) is 3.50. The van der Waals surface area contributed by atoms with Crippen LogP contribution in [-0.4, -0.2) is 45.6 Å². The number of nitrogen functional groups attached to an aromatic ring is 1. The van der Waals surface area contributed by atoms with Crippen LogP contribution >= 0.6 is 11.5 Å². The fourth-order valence-corrected chi connectivity index (χ4v) is 5.32. The van der Waals surface area contributed by atoms with Crippen LogP contribution in [0.3, 0.4) is 0 Å². The number of carbonyl (C=O) groups excluding carboxylic acids is 3. The van der Waals surface area contributed by atoms with Gasteiger partial charge in [-0.3, -0.25) is 14.4 Å². The zero-order valence-electron chi connectivity index (χ0n) is 22.4. The van der Waals surface area contributed by atoms with Gasteiger partial charge < -0.3 is 25.7 Å². The van der Waals surface area contributed by atoms with Gasteiger partial charge in [-0.1, -0.05) is 47.0 Å². The van der Waals surface area contributed by atoms with E-state index in [9.17, 15) is 14.4 Å². The summed E-state index contributed by atoms with van der Waals surface area (Å²) in [5.74, 6) is 0.140. The van der Waals surface area contributed by atoms with Crippen LogP contribution in [0.1, 0.15) is 98.6 Å². The minimum atomic E-state index is -0.731. The first kappa shape index (κ1) is 28.7. The van der Waals surface area contributed by atoms with Gasteiger partial charge in [-0.05, 0) is 61.2 Å². The van der Waals surface area contributed by atoms with Gasteiger partial charge in [0.2, 0.25) is 5.91 Å². The Morgan fingerprint density at radius 2 is 1.89 bits per heavy atom. The zero-order valence-corrected chi connectivity index (χ0v) is 23.2. The van der Waals surface area contributed by atoms with E-state index in [1.54, 1.807) is 12.1 Å². The molecule has 37 heavy (non-hydrogen) atoms. The molecule has 1 atom stereocenters. The lowest BCUT2D eigenvalue weighted by molar-refractivity contribution is -0.126. The minimum absolute atomic E-state index is 0.0521. The predicted octanol–water partition coefficient (Wildman–Crippen LogP) is 4.60. The highest BCUT2D eigenvalue weighted by Crippen LogP contribution is 2.28. The number of nitrogens with two attached hydrogens (primary N) is 1. The molecule has 0 spiro atoms. The molecule has 0 aromatic carbocycles. The maximum absolute atomic E-state index is 13.9. The van der Waals surface area contributed by atoms with Crippen molar-refractivity contribution < 1.29 is 18.8 Å². The Kier molecular flexibility index (Phi) is 10.5. The second kappa shape index (κ2) is 13.6. The van der Waals surface area contributed by atoms with E-state index in [0.717, 1.165) is 43.6 Å². The lowest BCUT2D eigenvalue weighted by Crippen LogP contribution is -2.50. The molecule has 10 heteroatoms. The van der Waals surface area contributed by atoms with Crippen LogP contribution < -0.4 is 16.4 Å². The van der Waals surface area contributed by atoms with Gasteiger partial charge in [0.1, 0.15) is 16.7 Å². The van der Waals surface area contributed by atoms with E-state index in [2.05, 4.69) is 28.9 Å². The molecule has 2 heterocycles. The first-order chi connectivity index (χ1) is 17.7. The molecule has 1 fully saturated rings. The summed E-state index contributed by atoms with van der Waals surface area (Å²) in [5, 5.41) is 6.01. The minimum Gasteiger partial charge on any atom is -0.467 e. The molecular formula is C27H41N5O4S. The van der Waals surface area contributed by atoms with E-state index in [0.29, 0.717) is 24.6 Å². The van der Waals surface area contributed by atoms with Crippen LogP contribution in [0.25, 0.3) is 0 Å². The number of amides is 3. The molecule has 0 aliphatic heterocycles. The molecule has 204 valence electrons. The lowest BCUT2D eigenvalue weighted by atomic mass is 9.95. The van der Waals surface area contributed by atoms with Crippen molar-refractivity contribution in [3.63, 3.8) is 0 Å². The summed E-state index contributed by atoms with van der Waals surface area (Å²) in [4.78, 5) is 41.8. The maximum Gasteiger partial charge on any atom is 0.273 e. The van der Waals surface area contributed by atoms with Gasteiger partial charge in [-0.15, -0.1) is 0 Å². The number of furan rings is 1. The van der Waals surface area contributed by atoms with Gasteiger partial charge in [0.05, 0.1) is 18.5 Å². The van der Waals surface area contributed by atoms with Crippen molar-refractivity contribution in [2.75, 3.05) is 12.3 Å². The van der Waals surface area contributed by atoms with Gasteiger partial charge in [0.25, 0.3) is 11.8 Å². The molecule has 0 bridgehead atoms. The summed E-state index contributed by atoms with van der Waals surface area (Å²) >= 11 is 0.896. The van der Waals surface area contributed by atoms with E-state index >= 15 is 0 Å². The first-order valence-corrected chi connectivity index (χ1v) is 14.1. The van der Waals surface area contributed by atoms with Gasteiger partial charge in [0.15, 0.2) is 5.69 Å². The summed E-state index contributed by atoms with van der Waals surface area (Å²) in [6.45, 7) is 8.85. The molecule has 1 aliphatic carbocycles. The van der Waals surface area contributed by atoms with Crippen molar-refractivity contribution in [3.8, 4) is 0 Å². The van der Waals surface area contributed by atoms with Crippen molar-refractivity contribution >= 4 is 34.9 Å². The SMILES string of the molecule is CC(C)CCNC(=O)C(CC(C)C)N(Cc1ccco1)C(=O)c1snc(C(=O)NC2CCCCC2)c1N. The number of hydrogen-bond donors (Lipinski definition) is 3. The third-order valence-corrected chi connectivity index (χ3v) is 7.49. The smallest absolute Gasteiger partial charge is 0.273 e. The van der Waals surface area contributed by atoms with Crippen molar-refractivity contribution in [2.24, 2.45) is 11.8 Å².